The summed E-state index contributed by atoms with van der Waals surface area (Å²) in [5.74, 6) is 0.140. The summed E-state index contributed by atoms with van der Waals surface area (Å²) in [4.78, 5) is 5.01. The number of unbranched alkanes of at least 4 members (excludes halogenated alkanes) is 1. The largest absolute Gasteiger partial charge is 0.392 e. The molecule has 3 aromatic rings. The molecule has 0 bridgehead atoms. The Morgan fingerprint density at radius 1 is 0.906 bits per heavy atom. The number of hydrogen-bond donors (Lipinski definition) is 1. The predicted octanol–water partition coefficient (Wildman–Crippen LogP) is 7.66. The van der Waals surface area contributed by atoms with Gasteiger partial charge in [0.05, 0.1) is 12.3 Å². The number of hydrogen-bond acceptors (Lipinski definition) is 2. The van der Waals surface area contributed by atoms with Crippen molar-refractivity contribution in [2.75, 3.05) is 0 Å². The first-order valence-corrected chi connectivity index (χ1v) is 11.6. The highest BCUT2D eigenvalue weighted by Gasteiger charge is 2.22. The minimum atomic E-state index is -0.264. The van der Waals surface area contributed by atoms with Gasteiger partial charge in [0.15, 0.2) is 0 Å². The van der Waals surface area contributed by atoms with Crippen LogP contribution in [-0.2, 0) is 13.0 Å². The minimum absolute atomic E-state index is 0.0968. The van der Waals surface area contributed by atoms with Gasteiger partial charge in [-0.1, -0.05) is 82.3 Å². The van der Waals surface area contributed by atoms with Crippen molar-refractivity contribution < 1.29 is 9.50 Å². The number of rotatable bonds is 9. The lowest BCUT2D eigenvalue weighted by Crippen LogP contribution is -2.10. The van der Waals surface area contributed by atoms with Crippen molar-refractivity contribution >= 4 is 6.08 Å². The van der Waals surface area contributed by atoms with Crippen LogP contribution >= 0.6 is 0 Å². The van der Waals surface area contributed by atoms with Crippen molar-refractivity contribution in [3.63, 3.8) is 0 Å². The van der Waals surface area contributed by atoms with Gasteiger partial charge in [-0.2, -0.15) is 0 Å². The fourth-order valence-electron chi connectivity index (χ4n) is 4.14. The number of halogens is 1. The van der Waals surface area contributed by atoms with Crippen molar-refractivity contribution in [3.05, 3.63) is 94.6 Å². The Morgan fingerprint density at radius 3 is 2.16 bits per heavy atom. The van der Waals surface area contributed by atoms with E-state index in [1.54, 1.807) is 12.1 Å². The maximum Gasteiger partial charge on any atom is 0.123 e. The summed E-state index contributed by atoms with van der Waals surface area (Å²) in [6.07, 6.45) is 7.41. The van der Waals surface area contributed by atoms with E-state index in [-0.39, 0.29) is 24.3 Å². The summed E-state index contributed by atoms with van der Waals surface area (Å²) < 4.78 is 13.7. The number of aliphatic hydroxyl groups is 1. The van der Waals surface area contributed by atoms with Gasteiger partial charge in [0.1, 0.15) is 5.82 Å². The summed E-state index contributed by atoms with van der Waals surface area (Å²) in [7, 11) is 0. The zero-order valence-corrected chi connectivity index (χ0v) is 19.6. The van der Waals surface area contributed by atoms with Crippen LogP contribution in [0.2, 0.25) is 0 Å². The molecule has 0 aliphatic carbocycles. The summed E-state index contributed by atoms with van der Waals surface area (Å²) in [6.45, 7) is 8.39. The number of aromatic nitrogens is 1. The van der Waals surface area contributed by atoms with E-state index < -0.39 is 0 Å². The first-order chi connectivity index (χ1) is 15.4. The molecule has 0 fully saturated rings. The maximum atomic E-state index is 13.7. The molecule has 0 saturated heterocycles. The van der Waals surface area contributed by atoms with Gasteiger partial charge in [-0.3, -0.25) is 4.98 Å². The van der Waals surface area contributed by atoms with Crippen LogP contribution in [0.1, 0.15) is 80.5 Å². The highest BCUT2D eigenvalue weighted by atomic mass is 19.1. The normalized spacial score (nSPS) is 11.8. The fraction of sp³-hybridized carbons (Fsp3) is 0.345. The zero-order valence-electron chi connectivity index (χ0n) is 19.6. The molecule has 2 nitrogen and oxygen atoms in total. The van der Waals surface area contributed by atoms with Gasteiger partial charge in [0.25, 0.3) is 0 Å². The second-order valence-electron chi connectivity index (χ2n) is 8.90. The third kappa shape index (κ3) is 5.72. The van der Waals surface area contributed by atoms with Gasteiger partial charge in [0.2, 0.25) is 0 Å². The zero-order chi connectivity index (χ0) is 23.1. The van der Waals surface area contributed by atoms with E-state index >= 15 is 0 Å². The number of allylic oxidation sites excluding steroid dienone is 1. The Labute approximate surface area is 191 Å². The van der Waals surface area contributed by atoms with E-state index in [0.29, 0.717) is 0 Å². The molecule has 1 aromatic heterocycles. The average molecular weight is 432 g/mol. The molecule has 3 rings (SSSR count). The molecule has 0 aliphatic heterocycles. The van der Waals surface area contributed by atoms with Gasteiger partial charge in [-0.05, 0) is 59.9 Å². The first kappa shape index (κ1) is 23.9. The molecule has 0 atom stereocenters. The standard InChI is InChI=1S/C29H34FNO/c1-20(2)28-25(14-10-6-9-13-22-11-7-5-8-12-22)27(23-15-17-24(30)18-16-23)26(19-32)29(31-28)21(3)4/h5,7-8,10-12,14-18,20-21,32H,6,9,13,19H2,1-4H3/b14-10+. The van der Waals surface area contributed by atoms with Crippen LogP contribution in [0.25, 0.3) is 17.2 Å². The molecule has 0 radical (unpaired) electrons. The Balaban J connectivity index is 2.02. The number of aryl methyl sites for hydroxylation is 1. The average Bonchev–Trinajstić information content (AvgIpc) is 2.79. The second kappa shape index (κ2) is 11.2. The van der Waals surface area contributed by atoms with Crippen LogP contribution in [0.5, 0.6) is 0 Å². The van der Waals surface area contributed by atoms with Gasteiger partial charge >= 0.3 is 0 Å². The molecular formula is C29H34FNO. The van der Waals surface area contributed by atoms with Crippen molar-refractivity contribution in [2.24, 2.45) is 0 Å². The van der Waals surface area contributed by atoms with Crippen molar-refractivity contribution in [2.45, 2.75) is 65.4 Å². The van der Waals surface area contributed by atoms with Gasteiger partial charge in [0, 0.05) is 16.8 Å². The Bertz CT molecular complexity index is 1040. The molecule has 0 amide bonds. The van der Waals surface area contributed by atoms with Crippen LogP contribution in [0.15, 0.2) is 60.7 Å². The van der Waals surface area contributed by atoms with E-state index in [4.69, 9.17) is 4.98 Å². The maximum absolute atomic E-state index is 13.7. The summed E-state index contributed by atoms with van der Waals surface area (Å²) in [5, 5.41) is 10.3. The molecule has 0 aliphatic rings. The summed E-state index contributed by atoms with van der Waals surface area (Å²) in [5.41, 5.74) is 7.02. The fourth-order valence-corrected chi connectivity index (χ4v) is 4.14. The number of nitrogens with zero attached hydrogens (tertiary/aromatic N) is 1. The van der Waals surface area contributed by atoms with Crippen LogP contribution in [0.3, 0.4) is 0 Å². The molecule has 32 heavy (non-hydrogen) atoms. The lowest BCUT2D eigenvalue weighted by Gasteiger charge is -2.23. The lowest BCUT2D eigenvalue weighted by atomic mass is 9.87. The van der Waals surface area contributed by atoms with E-state index in [0.717, 1.165) is 52.9 Å². The summed E-state index contributed by atoms with van der Waals surface area (Å²) >= 11 is 0. The van der Waals surface area contributed by atoms with Crippen LogP contribution in [0, 0.1) is 5.82 Å². The van der Waals surface area contributed by atoms with E-state index in [1.165, 1.54) is 17.7 Å². The van der Waals surface area contributed by atoms with E-state index in [9.17, 15) is 9.50 Å². The Kier molecular flexibility index (Phi) is 8.35. The molecule has 3 heteroatoms. The predicted molar refractivity (Wildman–Crippen MR) is 132 cm³/mol. The van der Waals surface area contributed by atoms with Crippen LogP contribution < -0.4 is 0 Å². The Morgan fingerprint density at radius 2 is 1.56 bits per heavy atom. The summed E-state index contributed by atoms with van der Waals surface area (Å²) in [6, 6.07) is 17.1. The molecule has 2 aromatic carbocycles. The highest BCUT2D eigenvalue weighted by molar-refractivity contribution is 5.80. The topological polar surface area (TPSA) is 33.1 Å². The molecule has 168 valence electrons. The van der Waals surface area contributed by atoms with E-state index in [1.807, 2.05) is 6.07 Å². The third-order valence-corrected chi connectivity index (χ3v) is 5.75. The SMILES string of the molecule is CC(C)c1nc(C(C)C)c(CO)c(-c2ccc(F)cc2)c1/C=C/CCCc1ccccc1. The van der Waals surface area contributed by atoms with Gasteiger partial charge in [-0.15, -0.1) is 0 Å². The van der Waals surface area contributed by atoms with Crippen molar-refractivity contribution in [1.29, 1.82) is 0 Å². The van der Waals surface area contributed by atoms with Crippen LogP contribution in [-0.4, -0.2) is 10.1 Å². The highest BCUT2D eigenvalue weighted by Crippen LogP contribution is 2.37. The molecule has 1 heterocycles. The lowest BCUT2D eigenvalue weighted by molar-refractivity contribution is 0.280. The molecule has 0 unspecified atom stereocenters. The smallest absolute Gasteiger partial charge is 0.123 e. The molecular weight excluding hydrogens is 397 g/mol. The van der Waals surface area contributed by atoms with E-state index in [2.05, 4.69) is 64.1 Å². The van der Waals surface area contributed by atoms with Crippen molar-refractivity contribution in [3.8, 4) is 11.1 Å². The molecule has 0 spiro atoms. The minimum Gasteiger partial charge on any atom is -0.392 e. The molecule has 1 N–H and O–H groups in total. The molecule has 0 saturated carbocycles. The Hall–Kier alpha value is -2.78. The number of benzene rings is 2. The second-order valence-corrected chi connectivity index (χ2v) is 8.90. The quantitative estimate of drug-likeness (QED) is 0.353. The van der Waals surface area contributed by atoms with Gasteiger partial charge in [-0.25, -0.2) is 4.39 Å². The first-order valence-electron chi connectivity index (χ1n) is 11.6. The van der Waals surface area contributed by atoms with Gasteiger partial charge < -0.3 is 5.11 Å². The number of aliphatic hydroxyl groups excluding tert-OH is 1. The van der Waals surface area contributed by atoms with Crippen LogP contribution in [0.4, 0.5) is 4.39 Å². The number of pyridine rings is 1. The monoisotopic (exact) mass is 431 g/mol. The van der Waals surface area contributed by atoms with Crippen molar-refractivity contribution in [1.82, 2.24) is 4.98 Å². The third-order valence-electron chi connectivity index (χ3n) is 5.75.